The van der Waals surface area contributed by atoms with Crippen molar-refractivity contribution in [3.63, 3.8) is 0 Å². The Labute approximate surface area is 140 Å². The molecular formula is C17H22FN5O. The number of hydrogen-bond acceptors (Lipinski definition) is 4. The number of aromatic amines is 1. The molecule has 1 amide bonds. The average molecular weight is 331 g/mol. The second-order valence-electron chi connectivity index (χ2n) is 6.07. The molecule has 128 valence electrons. The minimum Gasteiger partial charge on any atom is -0.366 e. The maximum Gasteiger partial charge on any atom is 0.238 e. The summed E-state index contributed by atoms with van der Waals surface area (Å²) in [5.41, 5.74) is 3.45. The first-order valence-corrected chi connectivity index (χ1v) is 8.08. The summed E-state index contributed by atoms with van der Waals surface area (Å²) in [5, 5.41) is 9.87. The highest BCUT2D eigenvalue weighted by molar-refractivity contribution is 5.92. The molecule has 2 heterocycles. The van der Waals surface area contributed by atoms with E-state index in [9.17, 15) is 9.18 Å². The number of benzene rings is 1. The van der Waals surface area contributed by atoms with E-state index in [1.807, 2.05) is 13.8 Å². The number of H-pyrrole nitrogens is 1. The van der Waals surface area contributed by atoms with Crippen molar-refractivity contribution in [2.75, 3.05) is 42.9 Å². The van der Waals surface area contributed by atoms with Gasteiger partial charge in [0, 0.05) is 26.2 Å². The third-order valence-electron chi connectivity index (χ3n) is 4.29. The number of piperazine rings is 1. The summed E-state index contributed by atoms with van der Waals surface area (Å²) in [4.78, 5) is 16.5. The van der Waals surface area contributed by atoms with Crippen molar-refractivity contribution in [3.8, 4) is 0 Å². The summed E-state index contributed by atoms with van der Waals surface area (Å²) < 4.78 is 13.6. The van der Waals surface area contributed by atoms with Gasteiger partial charge in [0.2, 0.25) is 5.91 Å². The zero-order valence-electron chi connectivity index (χ0n) is 14.0. The lowest BCUT2D eigenvalue weighted by Crippen LogP contribution is -2.49. The Morgan fingerprint density at radius 2 is 1.96 bits per heavy atom. The van der Waals surface area contributed by atoms with Crippen LogP contribution in [0.15, 0.2) is 24.3 Å². The van der Waals surface area contributed by atoms with Gasteiger partial charge in [-0.25, -0.2) is 4.39 Å². The second-order valence-corrected chi connectivity index (χ2v) is 6.07. The van der Waals surface area contributed by atoms with E-state index >= 15 is 0 Å². The Morgan fingerprint density at radius 1 is 1.25 bits per heavy atom. The van der Waals surface area contributed by atoms with E-state index in [1.165, 1.54) is 6.07 Å². The summed E-state index contributed by atoms with van der Waals surface area (Å²) in [6.45, 7) is 7.54. The second kappa shape index (κ2) is 7.00. The molecule has 0 bridgehead atoms. The molecule has 1 aromatic heterocycles. The minimum absolute atomic E-state index is 0.191. The molecule has 6 nitrogen and oxygen atoms in total. The molecule has 0 atom stereocenters. The zero-order valence-corrected chi connectivity index (χ0v) is 14.0. The van der Waals surface area contributed by atoms with E-state index in [1.54, 1.807) is 18.2 Å². The minimum atomic E-state index is -0.415. The highest BCUT2D eigenvalue weighted by Gasteiger charge is 2.22. The van der Waals surface area contributed by atoms with Crippen LogP contribution in [-0.2, 0) is 4.79 Å². The lowest BCUT2D eigenvalue weighted by molar-refractivity contribution is -0.117. The molecule has 24 heavy (non-hydrogen) atoms. The molecule has 0 unspecified atom stereocenters. The number of hydrogen-bond donors (Lipinski definition) is 2. The Kier molecular flexibility index (Phi) is 4.80. The summed E-state index contributed by atoms with van der Waals surface area (Å²) >= 11 is 0. The monoisotopic (exact) mass is 331 g/mol. The van der Waals surface area contributed by atoms with Gasteiger partial charge in [-0.3, -0.25) is 14.8 Å². The quantitative estimate of drug-likeness (QED) is 0.898. The van der Waals surface area contributed by atoms with Crippen LogP contribution in [0.4, 0.5) is 15.8 Å². The molecular weight excluding hydrogens is 309 g/mol. The van der Waals surface area contributed by atoms with Gasteiger partial charge >= 0.3 is 0 Å². The van der Waals surface area contributed by atoms with Crippen LogP contribution in [0.25, 0.3) is 0 Å². The number of amides is 1. The largest absolute Gasteiger partial charge is 0.366 e. The van der Waals surface area contributed by atoms with Crippen molar-refractivity contribution in [2.24, 2.45) is 0 Å². The normalized spacial score (nSPS) is 15.5. The Bertz CT molecular complexity index is 702. The van der Waals surface area contributed by atoms with Crippen molar-refractivity contribution in [1.29, 1.82) is 0 Å². The van der Waals surface area contributed by atoms with Gasteiger partial charge in [0.25, 0.3) is 0 Å². The molecule has 0 radical (unpaired) electrons. The number of nitrogens with zero attached hydrogens (tertiary/aromatic N) is 3. The van der Waals surface area contributed by atoms with Crippen LogP contribution in [0.1, 0.15) is 11.4 Å². The third-order valence-corrected chi connectivity index (χ3v) is 4.29. The maximum atomic E-state index is 13.6. The van der Waals surface area contributed by atoms with Crippen molar-refractivity contribution < 1.29 is 9.18 Å². The molecule has 1 saturated heterocycles. The van der Waals surface area contributed by atoms with Crippen molar-refractivity contribution in [3.05, 3.63) is 41.5 Å². The fraction of sp³-hybridized carbons (Fsp3) is 0.412. The molecule has 1 aliphatic rings. The Hall–Kier alpha value is -2.41. The molecule has 1 aromatic carbocycles. The SMILES string of the molecule is Cc1n[nH]c(C)c1N1CCN(CC(=O)Nc2ccccc2F)CC1. The van der Waals surface area contributed by atoms with E-state index in [0.717, 1.165) is 43.3 Å². The number of anilines is 2. The van der Waals surface area contributed by atoms with E-state index < -0.39 is 5.82 Å². The molecule has 0 saturated carbocycles. The zero-order chi connectivity index (χ0) is 17.1. The summed E-state index contributed by atoms with van der Waals surface area (Å²) in [6.07, 6.45) is 0. The first kappa shape index (κ1) is 16.4. The molecule has 2 N–H and O–H groups in total. The predicted octanol–water partition coefficient (Wildman–Crippen LogP) is 1.93. The number of para-hydroxylation sites is 1. The first-order valence-electron chi connectivity index (χ1n) is 8.08. The Morgan fingerprint density at radius 3 is 2.58 bits per heavy atom. The molecule has 2 aromatic rings. The molecule has 3 rings (SSSR count). The van der Waals surface area contributed by atoms with Crippen LogP contribution in [0.2, 0.25) is 0 Å². The van der Waals surface area contributed by atoms with E-state index in [2.05, 4.69) is 25.3 Å². The average Bonchev–Trinajstić information content (AvgIpc) is 2.89. The summed E-state index contributed by atoms with van der Waals surface area (Å²) in [6, 6.07) is 6.21. The van der Waals surface area contributed by atoms with Gasteiger partial charge in [-0.1, -0.05) is 12.1 Å². The van der Waals surface area contributed by atoms with Gasteiger partial charge < -0.3 is 10.2 Å². The van der Waals surface area contributed by atoms with Crippen LogP contribution in [0.5, 0.6) is 0 Å². The van der Waals surface area contributed by atoms with Crippen molar-refractivity contribution in [1.82, 2.24) is 15.1 Å². The number of carbonyl (C=O) groups is 1. The van der Waals surface area contributed by atoms with E-state index in [4.69, 9.17) is 0 Å². The van der Waals surface area contributed by atoms with Crippen molar-refractivity contribution in [2.45, 2.75) is 13.8 Å². The van der Waals surface area contributed by atoms with E-state index in [0.29, 0.717) is 0 Å². The van der Waals surface area contributed by atoms with Crippen LogP contribution in [0.3, 0.4) is 0 Å². The summed E-state index contributed by atoms with van der Waals surface area (Å²) in [5.74, 6) is -0.606. The third kappa shape index (κ3) is 3.56. The number of carbonyl (C=O) groups excluding carboxylic acids is 1. The van der Waals surface area contributed by atoms with Gasteiger partial charge in [0.15, 0.2) is 0 Å². The lowest BCUT2D eigenvalue weighted by Gasteiger charge is -2.35. The van der Waals surface area contributed by atoms with Gasteiger partial charge in [-0.15, -0.1) is 0 Å². The van der Waals surface area contributed by atoms with Crippen LogP contribution < -0.4 is 10.2 Å². The molecule has 1 aliphatic heterocycles. The first-order chi connectivity index (χ1) is 11.5. The molecule has 7 heteroatoms. The van der Waals surface area contributed by atoms with E-state index in [-0.39, 0.29) is 18.1 Å². The predicted molar refractivity (Wildman–Crippen MR) is 91.7 cm³/mol. The molecule has 0 aliphatic carbocycles. The van der Waals surface area contributed by atoms with Crippen LogP contribution in [0, 0.1) is 19.7 Å². The highest BCUT2D eigenvalue weighted by Crippen LogP contribution is 2.23. The Balaban J connectivity index is 1.52. The summed E-state index contributed by atoms with van der Waals surface area (Å²) in [7, 11) is 0. The fourth-order valence-electron chi connectivity index (χ4n) is 3.10. The topological polar surface area (TPSA) is 64.3 Å². The standard InChI is InChI=1S/C17H22FN5O/c1-12-17(13(2)21-20-12)23-9-7-22(8-10-23)11-16(24)19-15-6-4-3-5-14(15)18/h3-6H,7-11H2,1-2H3,(H,19,24)(H,20,21). The van der Waals surface area contributed by atoms with Crippen LogP contribution >= 0.6 is 0 Å². The number of rotatable bonds is 4. The van der Waals surface area contributed by atoms with Gasteiger partial charge in [0.05, 0.1) is 29.3 Å². The lowest BCUT2D eigenvalue weighted by atomic mass is 10.2. The smallest absolute Gasteiger partial charge is 0.238 e. The molecule has 1 fully saturated rings. The highest BCUT2D eigenvalue weighted by atomic mass is 19.1. The number of aryl methyl sites for hydroxylation is 2. The number of aromatic nitrogens is 2. The number of halogens is 1. The van der Waals surface area contributed by atoms with Crippen molar-refractivity contribution >= 4 is 17.3 Å². The van der Waals surface area contributed by atoms with Gasteiger partial charge in [-0.05, 0) is 26.0 Å². The number of nitrogens with one attached hydrogen (secondary N) is 2. The van der Waals surface area contributed by atoms with Crippen LogP contribution in [-0.4, -0.2) is 53.7 Å². The molecule has 0 spiro atoms. The van der Waals surface area contributed by atoms with Gasteiger partial charge in [-0.2, -0.15) is 5.10 Å². The maximum absolute atomic E-state index is 13.6. The fourth-order valence-corrected chi connectivity index (χ4v) is 3.10. The van der Waals surface area contributed by atoms with Gasteiger partial charge in [0.1, 0.15) is 5.82 Å².